The highest BCUT2D eigenvalue weighted by molar-refractivity contribution is 7.94. The molecule has 3 aromatic rings. The molecule has 0 saturated heterocycles. The van der Waals surface area contributed by atoms with Gasteiger partial charge in [0.15, 0.2) is 0 Å². The highest BCUT2D eigenvalue weighted by Gasteiger charge is 2.32. The number of anilines is 2. The average molecular weight is 605 g/mol. The molecule has 4 rings (SSSR count). The Bertz CT molecular complexity index is 1470. The third kappa shape index (κ3) is 7.54. The first-order chi connectivity index (χ1) is 19.5. The van der Waals surface area contributed by atoms with Crippen molar-refractivity contribution in [3.8, 4) is 5.75 Å². The van der Waals surface area contributed by atoms with E-state index in [2.05, 4.69) is 10.0 Å². The minimum atomic E-state index is -3.81. The Balaban J connectivity index is 1.60. The topological polar surface area (TPSA) is 128 Å². The lowest BCUT2D eigenvalue weighted by atomic mass is 10.0. The molecule has 0 unspecified atom stereocenters. The zero-order valence-corrected chi connectivity index (χ0v) is 24.5. The number of sulfonamides is 1. The highest BCUT2D eigenvalue weighted by Crippen LogP contribution is 2.30. The summed E-state index contributed by atoms with van der Waals surface area (Å²) in [7, 11) is -2.21. The van der Waals surface area contributed by atoms with Crippen molar-refractivity contribution in [2.75, 3.05) is 36.8 Å². The van der Waals surface area contributed by atoms with Gasteiger partial charge in [-0.05, 0) is 60.8 Å². The smallest absolute Gasteiger partial charge is 0.321 e. The zero-order valence-electron chi connectivity index (χ0n) is 22.9. The SMILES string of the molecule is C[C@@H]1CN([C@H](C)CO)C(=O)Cc2cc(NS(=O)(=O)c3cccs3)ccc2O[C@@H]1CN(C)C(=O)Nc1ccc(F)cc1. The maximum atomic E-state index is 13.4. The number of aliphatic hydroxyl groups is 1. The second kappa shape index (κ2) is 12.9. The predicted molar refractivity (Wildman–Crippen MR) is 155 cm³/mol. The monoisotopic (exact) mass is 604 g/mol. The van der Waals surface area contributed by atoms with Crippen LogP contribution in [0.5, 0.6) is 5.75 Å². The number of fused-ring (bicyclic) bond motifs is 1. The Morgan fingerprint density at radius 1 is 1.22 bits per heavy atom. The molecule has 0 aliphatic carbocycles. The van der Waals surface area contributed by atoms with Crippen LogP contribution in [0.15, 0.2) is 64.2 Å². The van der Waals surface area contributed by atoms with E-state index in [1.807, 2.05) is 6.92 Å². The molecule has 13 heteroatoms. The molecule has 2 heterocycles. The van der Waals surface area contributed by atoms with Gasteiger partial charge in [0.1, 0.15) is 21.9 Å². The van der Waals surface area contributed by atoms with Crippen molar-refractivity contribution in [3.05, 3.63) is 71.4 Å². The lowest BCUT2D eigenvalue weighted by Crippen LogP contribution is -2.48. The number of halogens is 1. The van der Waals surface area contributed by atoms with Crippen LogP contribution in [-0.2, 0) is 21.2 Å². The number of nitrogens with one attached hydrogen (secondary N) is 2. The molecule has 0 fully saturated rings. The Kier molecular flexibility index (Phi) is 9.51. The van der Waals surface area contributed by atoms with Gasteiger partial charge >= 0.3 is 6.03 Å². The van der Waals surface area contributed by atoms with Gasteiger partial charge in [-0.25, -0.2) is 17.6 Å². The van der Waals surface area contributed by atoms with Crippen LogP contribution in [0.2, 0.25) is 0 Å². The summed E-state index contributed by atoms with van der Waals surface area (Å²) in [4.78, 5) is 29.3. The second-order valence-electron chi connectivity index (χ2n) is 10.1. The molecule has 1 aliphatic heterocycles. The van der Waals surface area contributed by atoms with Crippen LogP contribution in [0, 0.1) is 11.7 Å². The first-order valence-electron chi connectivity index (χ1n) is 13.0. The van der Waals surface area contributed by atoms with E-state index in [0.717, 1.165) is 11.3 Å². The van der Waals surface area contributed by atoms with Gasteiger partial charge in [-0.2, -0.15) is 0 Å². The highest BCUT2D eigenvalue weighted by atomic mass is 32.2. The predicted octanol–water partition coefficient (Wildman–Crippen LogP) is 4.00. The third-order valence-corrected chi connectivity index (χ3v) is 9.60. The summed E-state index contributed by atoms with van der Waals surface area (Å²) in [6.45, 7) is 3.82. The van der Waals surface area contributed by atoms with Crippen LogP contribution in [0.1, 0.15) is 19.4 Å². The third-order valence-electron chi connectivity index (χ3n) is 6.82. The Morgan fingerprint density at radius 3 is 2.59 bits per heavy atom. The van der Waals surface area contributed by atoms with Crippen LogP contribution in [0.25, 0.3) is 0 Å². The van der Waals surface area contributed by atoms with Crippen molar-refractivity contribution >= 4 is 44.7 Å². The van der Waals surface area contributed by atoms with Crippen molar-refractivity contribution in [1.82, 2.24) is 9.80 Å². The van der Waals surface area contributed by atoms with Gasteiger partial charge in [0.05, 0.1) is 25.6 Å². The molecule has 3 atom stereocenters. The minimum Gasteiger partial charge on any atom is -0.488 e. The number of amides is 3. The summed E-state index contributed by atoms with van der Waals surface area (Å²) in [6, 6.07) is 12.4. The van der Waals surface area contributed by atoms with E-state index in [9.17, 15) is 27.5 Å². The van der Waals surface area contributed by atoms with Gasteiger partial charge in [-0.1, -0.05) is 13.0 Å². The van der Waals surface area contributed by atoms with Gasteiger partial charge in [-0.15, -0.1) is 11.3 Å². The number of rotatable bonds is 8. The number of hydrogen-bond acceptors (Lipinski definition) is 7. The molecule has 0 saturated carbocycles. The summed E-state index contributed by atoms with van der Waals surface area (Å²) in [5.41, 5.74) is 1.17. The number of likely N-dealkylation sites (N-methyl/N-ethyl adjacent to an activating group) is 1. The summed E-state index contributed by atoms with van der Waals surface area (Å²) in [5, 5.41) is 14.2. The molecule has 41 heavy (non-hydrogen) atoms. The Labute approximate surface area is 242 Å². The van der Waals surface area contributed by atoms with Crippen molar-refractivity contribution in [3.63, 3.8) is 0 Å². The normalized spacial score (nSPS) is 18.3. The van der Waals surface area contributed by atoms with E-state index < -0.39 is 34.0 Å². The van der Waals surface area contributed by atoms with E-state index >= 15 is 0 Å². The summed E-state index contributed by atoms with van der Waals surface area (Å²) in [6.07, 6.45) is -0.639. The van der Waals surface area contributed by atoms with Crippen LogP contribution in [0.3, 0.4) is 0 Å². The number of urea groups is 1. The van der Waals surface area contributed by atoms with Crippen LogP contribution < -0.4 is 14.8 Å². The van der Waals surface area contributed by atoms with Crippen LogP contribution in [-0.4, -0.2) is 74.2 Å². The number of thiophene rings is 1. The molecule has 0 bridgehead atoms. The first-order valence-corrected chi connectivity index (χ1v) is 15.4. The summed E-state index contributed by atoms with van der Waals surface area (Å²) in [5.74, 6) is -0.525. The quantitative estimate of drug-likeness (QED) is 0.357. The van der Waals surface area contributed by atoms with Crippen LogP contribution >= 0.6 is 11.3 Å². The number of aliphatic hydroxyl groups excluding tert-OH is 1. The van der Waals surface area contributed by atoms with Gasteiger partial charge in [0, 0.05) is 36.4 Å². The number of ether oxygens (including phenoxy) is 1. The second-order valence-corrected chi connectivity index (χ2v) is 12.9. The molecule has 1 aromatic heterocycles. The lowest BCUT2D eigenvalue weighted by molar-refractivity contribution is -0.134. The zero-order chi connectivity index (χ0) is 29.7. The molecule has 220 valence electrons. The van der Waals surface area contributed by atoms with Crippen molar-refractivity contribution in [2.45, 2.75) is 36.6 Å². The molecular formula is C28H33FN4O6S2. The molecule has 1 aliphatic rings. The maximum absolute atomic E-state index is 13.4. The van der Waals surface area contributed by atoms with E-state index in [1.54, 1.807) is 48.5 Å². The molecule has 10 nitrogen and oxygen atoms in total. The lowest BCUT2D eigenvalue weighted by Gasteiger charge is -2.34. The minimum absolute atomic E-state index is 0.0748. The fraction of sp³-hybridized carbons (Fsp3) is 0.357. The van der Waals surface area contributed by atoms with Gasteiger partial charge in [0.25, 0.3) is 10.0 Å². The van der Waals surface area contributed by atoms with E-state index in [1.165, 1.54) is 35.2 Å². The van der Waals surface area contributed by atoms with Gasteiger partial charge in [-0.3, -0.25) is 9.52 Å². The molecule has 2 aromatic carbocycles. The molecule has 3 amide bonds. The van der Waals surface area contributed by atoms with E-state index in [-0.39, 0.29) is 47.8 Å². The Hall–Kier alpha value is -3.68. The molecule has 0 radical (unpaired) electrons. The van der Waals surface area contributed by atoms with Crippen molar-refractivity contribution in [2.24, 2.45) is 5.92 Å². The van der Waals surface area contributed by atoms with Gasteiger partial charge in [0.2, 0.25) is 5.91 Å². The van der Waals surface area contributed by atoms with Crippen molar-refractivity contribution < 1.29 is 32.2 Å². The fourth-order valence-corrected chi connectivity index (χ4v) is 6.48. The number of benzene rings is 2. The Morgan fingerprint density at radius 2 is 1.93 bits per heavy atom. The molecule has 3 N–H and O–H groups in total. The fourth-order valence-electron chi connectivity index (χ4n) is 4.44. The largest absolute Gasteiger partial charge is 0.488 e. The van der Waals surface area contributed by atoms with E-state index in [4.69, 9.17) is 4.74 Å². The van der Waals surface area contributed by atoms with E-state index in [0.29, 0.717) is 17.0 Å². The summed E-state index contributed by atoms with van der Waals surface area (Å²) >= 11 is 1.09. The number of hydrogen-bond donors (Lipinski definition) is 3. The first kappa shape index (κ1) is 30.3. The molecular weight excluding hydrogens is 571 g/mol. The number of carbonyl (C=O) groups is 2. The average Bonchev–Trinajstić information content (AvgIpc) is 3.50. The summed E-state index contributed by atoms with van der Waals surface area (Å²) < 4.78 is 47.9. The molecule has 0 spiro atoms. The van der Waals surface area contributed by atoms with Gasteiger partial charge < -0.3 is 25.0 Å². The number of nitrogens with zero attached hydrogens (tertiary/aromatic N) is 2. The maximum Gasteiger partial charge on any atom is 0.321 e. The van der Waals surface area contributed by atoms with Crippen LogP contribution in [0.4, 0.5) is 20.6 Å². The standard InChI is InChI=1S/C28H33FN4O6S2/c1-18-15-33(19(2)17-34)26(35)14-20-13-23(31-41(37,38)27-5-4-12-40-27)10-11-24(20)39-25(18)16-32(3)28(36)30-22-8-6-21(29)7-9-22/h4-13,18-19,25,31,34H,14-17H2,1-3H3,(H,30,36)/t18-,19-,25-/m1/s1. The number of carbonyl (C=O) groups excluding carboxylic acids is 2. The van der Waals surface area contributed by atoms with Crippen molar-refractivity contribution in [1.29, 1.82) is 0 Å².